The Labute approximate surface area is 157 Å². The van der Waals surface area contributed by atoms with Gasteiger partial charge in [0.1, 0.15) is 5.82 Å². The lowest BCUT2D eigenvalue weighted by molar-refractivity contribution is 0.122. The summed E-state index contributed by atoms with van der Waals surface area (Å²) in [6.07, 6.45) is 3.91. The number of ether oxygens (including phenoxy) is 1. The van der Waals surface area contributed by atoms with Crippen LogP contribution in [0.5, 0.6) is 0 Å². The van der Waals surface area contributed by atoms with Crippen molar-refractivity contribution in [3.8, 4) is 11.4 Å². The molecule has 1 saturated heterocycles. The van der Waals surface area contributed by atoms with Crippen molar-refractivity contribution in [1.82, 2.24) is 15.3 Å². The van der Waals surface area contributed by atoms with Crippen LogP contribution in [0.1, 0.15) is 6.92 Å². The van der Waals surface area contributed by atoms with Gasteiger partial charge in [-0.15, -0.1) is 11.8 Å². The minimum Gasteiger partial charge on any atom is -0.378 e. The SMILES string of the molecule is CCNC(=O)Nc1ccc(-c2ncc(SC)c(N3CCOCC3)n2)cc1. The lowest BCUT2D eigenvalue weighted by Crippen LogP contribution is -2.37. The molecule has 2 aromatic rings. The Balaban J connectivity index is 1.81. The van der Waals surface area contributed by atoms with Crippen molar-refractivity contribution in [2.24, 2.45) is 0 Å². The van der Waals surface area contributed by atoms with Crippen molar-refractivity contribution in [2.45, 2.75) is 11.8 Å². The minimum atomic E-state index is -0.213. The Kier molecular flexibility index (Phi) is 6.30. The fourth-order valence-electron chi connectivity index (χ4n) is 2.69. The highest BCUT2D eigenvalue weighted by Crippen LogP contribution is 2.29. The Hall–Kier alpha value is -2.32. The maximum absolute atomic E-state index is 11.6. The number of urea groups is 1. The van der Waals surface area contributed by atoms with Crippen LogP contribution in [-0.4, -0.2) is 55.1 Å². The number of hydrogen-bond donors (Lipinski definition) is 2. The van der Waals surface area contributed by atoms with Crippen LogP contribution < -0.4 is 15.5 Å². The first-order valence-electron chi connectivity index (χ1n) is 8.60. The number of thioether (sulfide) groups is 1. The summed E-state index contributed by atoms with van der Waals surface area (Å²) in [6, 6.07) is 7.32. The smallest absolute Gasteiger partial charge is 0.319 e. The second-order valence-corrected chi connectivity index (χ2v) is 6.59. The van der Waals surface area contributed by atoms with Crippen LogP contribution in [0.25, 0.3) is 11.4 Å². The first-order valence-corrected chi connectivity index (χ1v) is 9.82. The fraction of sp³-hybridized carbons (Fsp3) is 0.389. The summed E-state index contributed by atoms with van der Waals surface area (Å²) in [4.78, 5) is 24.2. The van der Waals surface area contributed by atoms with E-state index in [-0.39, 0.29) is 6.03 Å². The third-order valence-electron chi connectivity index (χ3n) is 4.01. The Morgan fingerprint density at radius 2 is 2.00 bits per heavy atom. The zero-order chi connectivity index (χ0) is 18.4. The number of aromatic nitrogens is 2. The van der Waals surface area contributed by atoms with E-state index in [1.165, 1.54) is 0 Å². The minimum absolute atomic E-state index is 0.213. The van der Waals surface area contributed by atoms with Gasteiger partial charge in [0, 0.05) is 37.1 Å². The summed E-state index contributed by atoms with van der Waals surface area (Å²) >= 11 is 1.64. The number of carbonyl (C=O) groups is 1. The van der Waals surface area contributed by atoms with Gasteiger partial charge in [-0.2, -0.15) is 0 Å². The average Bonchev–Trinajstić information content (AvgIpc) is 2.69. The van der Waals surface area contributed by atoms with Gasteiger partial charge in [-0.25, -0.2) is 14.8 Å². The van der Waals surface area contributed by atoms with Crippen molar-refractivity contribution >= 4 is 29.3 Å². The van der Waals surface area contributed by atoms with E-state index in [0.29, 0.717) is 25.6 Å². The van der Waals surface area contributed by atoms with Crippen LogP contribution in [0.2, 0.25) is 0 Å². The van der Waals surface area contributed by atoms with E-state index in [1.54, 1.807) is 11.8 Å². The van der Waals surface area contributed by atoms with Crippen molar-refractivity contribution < 1.29 is 9.53 Å². The quantitative estimate of drug-likeness (QED) is 0.785. The van der Waals surface area contributed by atoms with Crippen LogP contribution in [0, 0.1) is 0 Å². The van der Waals surface area contributed by atoms with Gasteiger partial charge in [-0.3, -0.25) is 0 Å². The fourth-order valence-corrected chi connectivity index (χ4v) is 3.20. The van der Waals surface area contributed by atoms with Gasteiger partial charge >= 0.3 is 6.03 Å². The van der Waals surface area contributed by atoms with Gasteiger partial charge in [-0.05, 0) is 37.4 Å². The summed E-state index contributed by atoms with van der Waals surface area (Å²) in [5.74, 6) is 1.63. The number of nitrogens with zero attached hydrogens (tertiary/aromatic N) is 3. The van der Waals surface area contributed by atoms with E-state index in [1.807, 2.05) is 43.6 Å². The van der Waals surface area contributed by atoms with E-state index in [0.717, 1.165) is 35.1 Å². The number of hydrogen-bond acceptors (Lipinski definition) is 6. The highest BCUT2D eigenvalue weighted by Gasteiger charge is 2.18. The Morgan fingerprint density at radius 1 is 1.27 bits per heavy atom. The molecule has 138 valence electrons. The molecule has 0 aliphatic carbocycles. The maximum atomic E-state index is 11.6. The molecule has 1 aliphatic rings. The number of amides is 2. The van der Waals surface area contributed by atoms with Gasteiger partial charge < -0.3 is 20.3 Å². The molecule has 1 aromatic carbocycles. The van der Waals surface area contributed by atoms with Gasteiger partial charge in [0.05, 0.1) is 18.1 Å². The molecule has 2 heterocycles. The zero-order valence-corrected chi connectivity index (χ0v) is 15.8. The molecule has 3 rings (SSSR count). The van der Waals surface area contributed by atoms with E-state index in [9.17, 15) is 4.79 Å². The van der Waals surface area contributed by atoms with Gasteiger partial charge in [0.25, 0.3) is 0 Å². The molecule has 2 N–H and O–H groups in total. The van der Waals surface area contributed by atoms with Crippen molar-refractivity contribution in [2.75, 3.05) is 49.3 Å². The number of nitrogens with one attached hydrogen (secondary N) is 2. The second kappa shape index (κ2) is 8.86. The van der Waals surface area contributed by atoms with Crippen LogP contribution in [0.15, 0.2) is 35.4 Å². The molecule has 8 heteroatoms. The number of morpholine rings is 1. The predicted molar refractivity (Wildman–Crippen MR) is 105 cm³/mol. The summed E-state index contributed by atoms with van der Waals surface area (Å²) in [5, 5.41) is 5.49. The lowest BCUT2D eigenvalue weighted by Gasteiger charge is -2.29. The first-order chi connectivity index (χ1) is 12.7. The van der Waals surface area contributed by atoms with E-state index >= 15 is 0 Å². The third kappa shape index (κ3) is 4.44. The topological polar surface area (TPSA) is 79.4 Å². The zero-order valence-electron chi connectivity index (χ0n) is 15.0. The van der Waals surface area contributed by atoms with Gasteiger partial charge in [0.2, 0.25) is 0 Å². The van der Waals surface area contributed by atoms with Crippen molar-refractivity contribution in [1.29, 1.82) is 0 Å². The molecule has 0 saturated carbocycles. The highest BCUT2D eigenvalue weighted by atomic mass is 32.2. The molecule has 0 radical (unpaired) electrons. The normalized spacial score (nSPS) is 14.2. The Bertz CT molecular complexity index is 748. The molecule has 7 nitrogen and oxygen atoms in total. The molecule has 2 amide bonds. The molecular weight excluding hydrogens is 350 g/mol. The standard InChI is InChI=1S/C18H23N5O2S/c1-3-19-18(24)21-14-6-4-13(5-7-14)16-20-12-15(26-2)17(22-16)23-8-10-25-11-9-23/h4-7,12H,3,8-11H2,1-2H3,(H2,19,21,24). The predicted octanol–water partition coefficient (Wildman–Crippen LogP) is 2.84. The highest BCUT2D eigenvalue weighted by molar-refractivity contribution is 7.98. The number of rotatable bonds is 5. The third-order valence-corrected chi connectivity index (χ3v) is 4.73. The first kappa shape index (κ1) is 18.5. The largest absolute Gasteiger partial charge is 0.378 e. The molecular formula is C18H23N5O2S. The second-order valence-electron chi connectivity index (χ2n) is 5.75. The van der Waals surface area contributed by atoms with Crippen LogP contribution in [0.4, 0.5) is 16.3 Å². The number of benzene rings is 1. The van der Waals surface area contributed by atoms with E-state index < -0.39 is 0 Å². The molecule has 26 heavy (non-hydrogen) atoms. The summed E-state index contributed by atoms with van der Waals surface area (Å²) in [5.41, 5.74) is 1.64. The molecule has 1 fully saturated rings. The van der Waals surface area contributed by atoms with Crippen LogP contribution in [-0.2, 0) is 4.74 Å². The van der Waals surface area contributed by atoms with Gasteiger partial charge in [0.15, 0.2) is 5.82 Å². The molecule has 0 atom stereocenters. The van der Waals surface area contributed by atoms with Crippen molar-refractivity contribution in [3.63, 3.8) is 0 Å². The molecule has 0 unspecified atom stereocenters. The molecule has 1 aromatic heterocycles. The van der Waals surface area contributed by atoms with Crippen LogP contribution >= 0.6 is 11.8 Å². The maximum Gasteiger partial charge on any atom is 0.319 e. The van der Waals surface area contributed by atoms with E-state index in [2.05, 4.69) is 20.5 Å². The van der Waals surface area contributed by atoms with Crippen LogP contribution in [0.3, 0.4) is 0 Å². The Morgan fingerprint density at radius 3 is 2.65 bits per heavy atom. The number of anilines is 2. The molecule has 0 bridgehead atoms. The average molecular weight is 373 g/mol. The number of carbonyl (C=O) groups excluding carboxylic acids is 1. The summed E-state index contributed by atoms with van der Waals surface area (Å²) in [6.45, 7) is 5.56. The van der Waals surface area contributed by atoms with E-state index in [4.69, 9.17) is 9.72 Å². The van der Waals surface area contributed by atoms with Crippen molar-refractivity contribution in [3.05, 3.63) is 30.5 Å². The van der Waals surface area contributed by atoms with Gasteiger partial charge in [-0.1, -0.05) is 0 Å². The molecule has 1 aliphatic heterocycles. The lowest BCUT2D eigenvalue weighted by atomic mass is 10.2. The summed E-state index contributed by atoms with van der Waals surface area (Å²) in [7, 11) is 0. The molecule has 0 spiro atoms. The summed E-state index contributed by atoms with van der Waals surface area (Å²) < 4.78 is 5.44. The monoisotopic (exact) mass is 373 g/mol.